The van der Waals surface area contributed by atoms with Crippen molar-refractivity contribution in [2.24, 2.45) is 5.73 Å². The molecule has 68 valence electrons. The number of hydrogen-bond donors (Lipinski definition) is 1. The van der Waals surface area contributed by atoms with Gasteiger partial charge < -0.3 is 10.5 Å². The van der Waals surface area contributed by atoms with Crippen molar-refractivity contribution in [1.82, 2.24) is 0 Å². The van der Waals surface area contributed by atoms with E-state index in [2.05, 4.69) is 5.92 Å². The Labute approximate surface area is 74.5 Å². The van der Waals surface area contributed by atoms with Gasteiger partial charge in [-0.25, -0.2) is 0 Å². The molecule has 1 rings (SSSR count). The van der Waals surface area contributed by atoms with Gasteiger partial charge >= 0.3 is 0 Å². The van der Waals surface area contributed by atoms with Gasteiger partial charge in [0.25, 0.3) is 0 Å². The van der Waals surface area contributed by atoms with Crippen molar-refractivity contribution in [3.05, 3.63) is 0 Å². The molecule has 12 heavy (non-hydrogen) atoms. The van der Waals surface area contributed by atoms with E-state index in [1.165, 1.54) is 19.3 Å². The lowest BCUT2D eigenvalue weighted by atomic mass is 9.83. The minimum absolute atomic E-state index is 0.0882. The van der Waals surface area contributed by atoms with Gasteiger partial charge in [0.05, 0.1) is 6.61 Å². The molecule has 2 N–H and O–H groups in total. The first-order valence-corrected chi connectivity index (χ1v) is 4.57. The van der Waals surface area contributed by atoms with Crippen LogP contribution in [0.2, 0.25) is 0 Å². The molecule has 1 aliphatic carbocycles. The Hall–Kier alpha value is -0.520. The topological polar surface area (TPSA) is 35.2 Å². The minimum Gasteiger partial charge on any atom is -0.367 e. The molecular formula is C10H17NO. The van der Waals surface area contributed by atoms with Crippen LogP contribution in [0, 0.1) is 12.3 Å². The van der Waals surface area contributed by atoms with Crippen LogP contribution in [0.3, 0.4) is 0 Å². The molecule has 0 aromatic rings. The lowest BCUT2D eigenvalue weighted by molar-refractivity contribution is 0.0886. The Balaban J connectivity index is 2.23. The van der Waals surface area contributed by atoms with Gasteiger partial charge in [-0.05, 0) is 12.8 Å². The molecule has 1 saturated carbocycles. The first-order chi connectivity index (χ1) is 5.77. The van der Waals surface area contributed by atoms with Crippen molar-refractivity contribution in [3.63, 3.8) is 0 Å². The van der Waals surface area contributed by atoms with E-state index in [1.54, 1.807) is 0 Å². The largest absolute Gasteiger partial charge is 0.367 e. The average Bonchev–Trinajstić information content (AvgIpc) is 2.06. The molecule has 0 atom stereocenters. The van der Waals surface area contributed by atoms with Gasteiger partial charge in [0.1, 0.15) is 6.61 Å². The molecule has 0 saturated heterocycles. The molecule has 0 radical (unpaired) electrons. The van der Waals surface area contributed by atoms with Crippen molar-refractivity contribution < 1.29 is 4.74 Å². The van der Waals surface area contributed by atoms with E-state index in [0.29, 0.717) is 13.2 Å². The number of rotatable bonds is 3. The standard InChI is InChI=1S/C10H17NO/c1-2-8-12-9-10(11)6-4-3-5-7-10/h1H,3-9,11H2. The van der Waals surface area contributed by atoms with Crippen LogP contribution in [0.5, 0.6) is 0 Å². The number of ether oxygens (including phenoxy) is 1. The molecule has 0 unspecified atom stereocenters. The summed E-state index contributed by atoms with van der Waals surface area (Å²) in [6.45, 7) is 1.01. The van der Waals surface area contributed by atoms with Crippen molar-refractivity contribution in [2.75, 3.05) is 13.2 Å². The average molecular weight is 167 g/mol. The Morgan fingerprint density at radius 2 is 2.00 bits per heavy atom. The van der Waals surface area contributed by atoms with E-state index in [0.717, 1.165) is 12.8 Å². The smallest absolute Gasteiger partial charge is 0.107 e. The highest BCUT2D eigenvalue weighted by Gasteiger charge is 2.27. The maximum Gasteiger partial charge on any atom is 0.107 e. The van der Waals surface area contributed by atoms with Gasteiger partial charge in [-0.15, -0.1) is 6.42 Å². The first kappa shape index (κ1) is 9.57. The molecule has 2 nitrogen and oxygen atoms in total. The number of nitrogens with two attached hydrogens (primary N) is 1. The second kappa shape index (κ2) is 4.49. The Morgan fingerprint density at radius 3 is 2.58 bits per heavy atom. The van der Waals surface area contributed by atoms with Gasteiger partial charge in [-0.3, -0.25) is 0 Å². The zero-order valence-electron chi connectivity index (χ0n) is 7.51. The third kappa shape index (κ3) is 2.84. The van der Waals surface area contributed by atoms with Crippen LogP contribution >= 0.6 is 0 Å². The first-order valence-electron chi connectivity index (χ1n) is 4.57. The maximum atomic E-state index is 6.11. The van der Waals surface area contributed by atoms with E-state index < -0.39 is 0 Å². The van der Waals surface area contributed by atoms with Crippen LogP contribution in [0.4, 0.5) is 0 Å². The van der Waals surface area contributed by atoms with Crippen molar-refractivity contribution >= 4 is 0 Å². The molecule has 0 aliphatic heterocycles. The quantitative estimate of drug-likeness (QED) is 0.508. The molecule has 0 spiro atoms. The molecule has 1 aliphatic rings. The third-order valence-electron chi connectivity index (χ3n) is 2.42. The van der Waals surface area contributed by atoms with Crippen LogP contribution in [-0.4, -0.2) is 18.8 Å². The van der Waals surface area contributed by atoms with Crippen LogP contribution in [0.1, 0.15) is 32.1 Å². The van der Waals surface area contributed by atoms with Crippen LogP contribution in [0.15, 0.2) is 0 Å². The molecule has 0 amide bonds. The highest BCUT2D eigenvalue weighted by Crippen LogP contribution is 2.25. The number of terminal acetylenes is 1. The molecule has 0 bridgehead atoms. The van der Waals surface area contributed by atoms with Crippen LogP contribution < -0.4 is 5.73 Å². The van der Waals surface area contributed by atoms with Gasteiger partial charge in [-0.2, -0.15) is 0 Å². The van der Waals surface area contributed by atoms with Crippen LogP contribution in [0.25, 0.3) is 0 Å². The molecule has 2 heteroatoms. The van der Waals surface area contributed by atoms with Crippen LogP contribution in [-0.2, 0) is 4.74 Å². The lowest BCUT2D eigenvalue weighted by Gasteiger charge is -2.32. The summed E-state index contributed by atoms with van der Waals surface area (Å²) >= 11 is 0. The predicted molar refractivity (Wildman–Crippen MR) is 49.7 cm³/mol. The molecule has 0 heterocycles. The zero-order valence-corrected chi connectivity index (χ0v) is 7.51. The zero-order chi connectivity index (χ0) is 8.86. The SMILES string of the molecule is C#CCOCC1(N)CCCCC1. The van der Waals surface area contributed by atoms with E-state index in [4.69, 9.17) is 16.9 Å². The Kier molecular flexibility index (Phi) is 3.58. The Morgan fingerprint density at radius 1 is 1.33 bits per heavy atom. The fourth-order valence-electron chi connectivity index (χ4n) is 1.71. The normalized spacial score (nSPS) is 21.7. The lowest BCUT2D eigenvalue weighted by Crippen LogP contribution is -2.46. The summed E-state index contributed by atoms with van der Waals surface area (Å²) in [4.78, 5) is 0. The summed E-state index contributed by atoms with van der Waals surface area (Å²) in [5.74, 6) is 2.45. The van der Waals surface area contributed by atoms with Crippen molar-refractivity contribution in [1.29, 1.82) is 0 Å². The van der Waals surface area contributed by atoms with Gasteiger partial charge in [0.2, 0.25) is 0 Å². The maximum absolute atomic E-state index is 6.11. The highest BCUT2D eigenvalue weighted by molar-refractivity contribution is 4.89. The van der Waals surface area contributed by atoms with E-state index in [-0.39, 0.29) is 5.54 Å². The molecule has 1 fully saturated rings. The summed E-state index contributed by atoms with van der Waals surface area (Å²) in [5, 5.41) is 0. The fourth-order valence-corrected chi connectivity index (χ4v) is 1.71. The minimum atomic E-state index is -0.0882. The predicted octanol–water partition coefficient (Wildman–Crippen LogP) is 1.30. The van der Waals surface area contributed by atoms with E-state index in [1.807, 2.05) is 0 Å². The summed E-state index contributed by atoms with van der Waals surface area (Å²) in [6, 6.07) is 0. The van der Waals surface area contributed by atoms with Crippen molar-refractivity contribution in [3.8, 4) is 12.3 Å². The summed E-state index contributed by atoms with van der Waals surface area (Å²) < 4.78 is 5.26. The van der Waals surface area contributed by atoms with Gasteiger partial charge in [0, 0.05) is 5.54 Å². The molecule has 0 aromatic carbocycles. The Bertz CT molecular complexity index is 165. The second-order valence-electron chi connectivity index (χ2n) is 3.62. The third-order valence-corrected chi connectivity index (χ3v) is 2.42. The van der Waals surface area contributed by atoms with Crippen molar-refractivity contribution in [2.45, 2.75) is 37.6 Å². The molecule has 0 aromatic heterocycles. The fraction of sp³-hybridized carbons (Fsp3) is 0.800. The monoisotopic (exact) mass is 167 g/mol. The van der Waals surface area contributed by atoms with Gasteiger partial charge in [0.15, 0.2) is 0 Å². The molecular weight excluding hydrogens is 150 g/mol. The summed E-state index contributed by atoms with van der Waals surface area (Å²) in [6.07, 6.45) is 11.0. The summed E-state index contributed by atoms with van der Waals surface area (Å²) in [7, 11) is 0. The highest BCUT2D eigenvalue weighted by atomic mass is 16.5. The number of hydrogen-bond acceptors (Lipinski definition) is 2. The van der Waals surface area contributed by atoms with E-state index >= 15 is 0 Å². The second-order valence-corrected chi connectivity index (χ2v) is 3.62. The summed E-state index contributed by atoms with van der Waals surface area (Å²) in [5.41, 5.74) is 6.02. The van der Waals surface area contributed by atoms with E-state index in [9.17, 15) is 0 Å². The van der Waals surface area contributed by atoms with Gasteiger partial charge in [-0.1, -0.05) is 25.2 Å².